The van der Waals surface area contributed by atoms with Gasteiger partial charge in [0, 0.05) is 26.2 Å². The van der Waals surface area contributed by atoms with Gasteiger partial charge in [-0.3, -0.25) is 4.90 Å². The van der Waals surface area contributed by atoms with Gasteiger partial charge in [-0.25, -0.2) is 0 Å². The van der Waals surface area contributed by atoms with E-state index in [1.54, 1.807) is 0 Å². The maximum atomic E-state index is 10.2. The van der Waals surface area contributed by atoms with Gasteiger partial charge in [-0.15, -0.1) is 0 Å². The lowest BCUT2D eigenvalue weighted by atomic mass is 9.87. The molecule has 0 aromatic carbocycles. The summed E-state index contributed by atoms with van der Waals surface area (Å²) in [5.74, 6) is 0.543. The predicted molar refractivity (Wildman–Crippen MR) is 57.0 cm³/mol. The van der Waals surface area contributed by atoms with Crippen LogP contribution in [0.4, 0.5) is 0 Å². The zero-order valence-corrected chi connectivity index (χ0v) is 8.91. The van der Waals surface area contributed by atoms with Crippen LogP contribution in [-0.4, -0.2) is 42.4 Å². The van der Waals surface area contributed by atoms with E-state index in [1.165, 1.54) is 32.1 Å². The zero-order valence-electron chi connectivity index (χ0n) is 8.91. The number of hydrogen-bond acceptors (Lipinski definition) is 3. The summed E-state index contributed by atoms with van der Waals surface area (Å²) in [4.78, 5) is 2.24. The average Bonchev–Trinajstić information content (AvgIpc) is 2.30. The fourth-order valence-corrected chi connectivity index (χ4v) is 2.68. The van der Waals surface area contributed by atoms with E-state index in [0.717, 1.165) is 26.2 Å². The first-order chi connectivity index (χ1) is 6.88. The molecular weight excluding hydrogens is 176 g/mol. The number of piperazine rings is 1. The molecule has 0 spiro atoms. The highest BCUT2D eigenvalue weighted by Crippen LogP contribution is 2.27. The fourth-order valence-electron chi connectivity index (χ4n) is 2.68. The van der Waals surface area contributed by atoms with Crippen LogP contribution in [-0.2, 0) is 0 Å². The molecule has 2 rings (SSSR count). The van der Waals surface area contributed by atoms with E-state index in [9.17, 15) is 5.11 Å². The van der Waals surface area contributed by atoms with Crippen molar-refractivity contribution >= 4 is 0 Å². The van der Waals surface area contributed by atoms with Crippen molar-refractivity contribution in [3.8, 4) is 0 Å². The smallest absolute Gasteiger partial charge is 0.110 e. The van der Waals surface area contributed by atoms with Gasteiger partial charge in [-0.05, 0) is 18.8 Å². The highest BCUT2D eigenvalue weighted by Gasteiger charge is 2.27. The van der Waals surface area contributed by atoms with Crippen molar-refractivity contribution in [3.63, 3.8) is 0 Å². The third kappa shape index (κ3) is 2.47. The lowest BCUT2D eigenvalue weighted by Crippen LogP contribution is -2.51. The Hall–Kier alpha value is -0.120. The SMILES string of the molecule is O[C@@H](C1CCCCC1)N1CCNCC1. The number of nitrogens with zero attached hydrogens (tertiary/aromatic N) is 1. The molecular formula is C11H22N2O. The highest BCUT2D eigenvalue weighted by molar-refractivity contribution is 4.77. The Bertz CT molecular complexity index is 145. The van der Waals surface area contributed by atoms with Crippen LogP contribution in [0.25, 0.3) is 0 Å². The molecule has 2 fully saturated rings. The summed E-state index contributed by atoms with van der Waals surface area (Å²) in [7, 11) is 0. The van der Waals surface area contributed by atoms with Crippen LogP contribution in [0.15, 0.2) is 0 Å². The molecule has 1 aliphatic carbocycles. The summed E-state index contributed by atoms with van der Waals surface area (Å²) < 4.78 is 0. The van der Waals surface area contributed by atoms with Crippen molar-refractivity contribution in [3.05, 3.63) is 0 Å². The minimum absolute atomic E-state index is 0.169. The van der Waals surface area contributed by atoms with Gasteiger partial charge in [-0.1, -0.05) is 19.3 Å². The topological polar surface area (TPSA) is 35.5 Å². The van der Waals surface area contributed by atoms with Gasteiger partial charge in [0.05, 0.1) is 0 Å². The number of hydrogen-bond donors (Lipinski definition) is 2. The van der Waals surface area contributed by atoms with Crippen LogP contribution >= 0.6 is 0 Å². The Kier molecular flexibility index (Phi) is 3.79. The first kappa shape index (κ1) is 10.4. The average molecular weight is 198 g/mol. The van der Waals surface area contributed by atoms with Crippen molar-refractivity contribution in [2.75, 3.05) is 26.2 Å². The number of rotatable bonds is 2. The van der Waals surface area contributed by atoms with E-state index in [0.29, 0.717) is 5.92 Å². The molecule has 1 saturated carbocycles. The van der Waals surface area contributed by atoms with Gasteiger partial charge in [0.2, 0.25) is 0 Å². The number of aliphatic hydroxyl groups is 1. The zero-order chi connectivity index (χ0) is 9.80. The second kappa shape index (κ2) is 5.10. The van der Waals surface area contributed by atoms with Crippen molar-refractivity contribution in [2.45, 2.75) is 38.3 Å². The molecule has 2 aliphatic rings. The Labute approximate surface area is 86.5 Å². The summed E-state index contributed by atoms with van der Waals surface area (Å²) >= 11 is 0. The molecule has 2 N–H and O–H groups in total. The Morgan fingerprint density at radius 1 is 1.07 bits per heavy atom. The molecule has 3 heteroatoms. The molecule has 0 aromatic heterocycles. The van der Waals surface area contributed by atoms with Gasteiger partial charge in [0.25, 0.3) is 0 Å². The predicted octanol–water partition coefficient (Wildman–Crippen LogP) is 0.790. The largest absolute Gasteiger partial charge is 0.378 e. The van der Waals surface area contributed by atoms with Gasteiger partial charge in [0.1, 0.15) is 6.23 Å². The molecule has 0 aromatic rings. The van der Waals surface area contributed by atoms with E-state index in [1.807, 2.05) is 0 Å². The normalized spacial score (nSPS) is 28.9. The molecule has 1 heterocycles. The van der Waals surface area contributed by atoms with E-state index in [4.69, 9.17) is 0 Å². The Balaban J connectivity index is 1.82. The fraction of sp³-hybridized carbons (Fsp3) is 1.00. The highest BCUT2D eigenvalue weighted by atomic mass is 16.3. The lowest BCUT2D eigenvalue weighted by molar-refractivity contribution is -0.0554. The van der Waals surface area contributed by atoms with Gasteiger partial charge in [0.15, 0.2) is 0 Å². The van der Waals surface area contributed by atoms with Crippen molar-refractivity contribution in [1.29, 1.82) is 0 Å². The Morgan fingerprint density at radius 2 is 1.71 bits per heavy atom. The van der Waals surface area contributed by atoms with E-state index in [2.05, 4.69) is 10.2 Å². The van der Waals surface area contributed by atoms with E-state index >= 15 is 0 Å². The van der Waals surface area contributed by atoms with E-state index in [-0.39, 0.29) is 6.23 Å². The quantitative estimate of drug-likeness (QED) is 0.688. The van der Waals surface area contributed by atoms with Crippen molar-refractivity contribution < 1.29 is 5.11 Å². The monoisotopic (exact) mass is 198 g/mol. The third-order valence-electron chi connectivity index (χ3n) is 3.60. The second-order valence-electron chi connectivity index (χ2n) is 4.60. The molecule has 0 amide bonds. The molecule has 1 saturated heterocycles. The summed E-state index contributed by atoms with van der Waals surface area (Å²) in [6.07, 6.45) is 6.28. The van der Waals surface area contributed by atoms with Crippen LogP contribution in [0.1, 0.15) is 32.1 Å². The summed E-state index contributed by atoms with van der Waals surface area (Å²) in [6.45, 7) is 4.09. The number of aliphatic hydroxyl groups excluding tert-OH is 1. The number of nitrogens with one attached hydrogen (secondary N) is 1. The van der Waals surface area contributed by atoms with Gasteiger partial charge >= 0.3 is 0 Å². The van der Waals surface area contributed by atoms with Gasteiger partial charge < -0.3 is 10.4 Å². The van der Waals surface area contributed by atoms with E-state index < -0.39 is 0 Å². The molecule has 3 nitrogen and oxygen atoms in total. The van der Waals surface area contributed by atoms with Crippen LogP contribution in [0.5, 0.6) is 0 Å². The van der Waals surface area contributed by atoms with Crippen molar-refractivity contribution in [1.82, 2.24) is 10.2 Å². The standard InChI is InChI=1S/C11H22N2O/c14-11(10-4-2-1-3-5-10)13-8-6-12-7-9-13/h10-12,14H,1-9H2/t11-/m0/s1. The molecule has 14 heavy (non-hydrogen) atoms. The minimum Gasteiger partial charge on any atom is -0.378 e. The summed E-state index contributed by atoms with van der Waals surface area (Å²) in [6, 6.07) is 0. The van der Waals surface area contributed by atoms with Crippen molar-refractivity contribution in [2.24, 2.45) is 5.92 Å². The molecule has 0 radical (unpaired) electrons. The van der Waals surface area contributed by atoms with Crippen LogP contribution in [0.3, 0.4) is 0 Å². The Morgan fingerprint density at radius 3 is 2.36 bits per heavy atom. The summed E-state index contributed by atoms with van der Waals surface area (Å²) in [5.41, 5.74) is 0. The summed E-state index contributed by atoms with van der Waals surface area (Å²) in [5, 5.41) is 13.5. The molecule has 0 unspecified atom stereocenters. The van der Waals surface area contributed by atoms with Crippen LogP contribution in [0, 0.1) is 5.92 Å². The maximum absolute atomic E-state index is 10.2. The first-order valence-electron chi connectivity index (χ1n) is 6.01. The van der Waals surface area contributed by atoms with Crippen LogP contribution in [0.2, 0.25) is 0 Å². The molecule has 82 valence electrons. The molecule has 1 atom stereocenters. The van der Waals surface area contributed by atoms with Gasteiger partial charge in [-0.2, -0.15) is 0 Å². The minimum atomic E-state index is -0.169. The lowest BCUT2D eigenvalue weighted by Gasteiger charge is -2.37. The molecule has 0 bridgehead atoms. The third-order valence-corrected chi connectivity index (χ3v) is 3.60. The van der Waals surface area contributed by atoms with Crippen LogP contribution < -0.4 is 5.32 Å². The maximum Gasteiger partial charge on any atom is 0.110 e. The first-order valence-corrected chi connectivity index (χ1v) is 6.01. The molecule has 1 aliphatic heterocycles. The second-order valence-corrected chi connectivity index (χ2v) is 4.60.